The molecule has 0 radical (unpaired) electrons. The van der Waals surface area contributed by atoms with E-state index in [9.17, 15) is 4.79 Å². The van der Waals surface area contributed by atoms with Crippen molar-refractivity contribution in [2.75, 3.05) is 12.4 Å². The highest BCUT2D eigenvalue weighted by atomic mass is 35.5. The van der Waals surface area contributed by atoms with Crippen LogP contribution in [0.5, 0.6) is 11.5 Å². The summed E-state index contributed by atoms with van der Waals surface area (Å²) < 4.78 is 11.4. The number of hydrogen-bond acceptors (Lipinski definition) is 3. The van der Waals surface area contributed by atoms with Gasteiger partial charge in [0.25, 0.3) is 5.91 Å². The van der Waals surface area contributed by atoms with E-state index >= 15 is 0 Å². The first-order valence-corrected chi connectivity index (χ1v) is 10.2. The lowest BCUT2D eigenvalue weighted by molar-refractivity contribution is -0.110. The van der Waals surface area contributed by atoms with Gasteiger partial charge in [0.1, 0.15) is 6.61 Å². The fraction of sp³-hybridized carbons (Fsp3) is 0.0870. The molecule has 1 heterocycles. The van der Waals surface area contributed by atoms with E-state index < -0.39 is 0 Å². The lowest BCUT2D eigenvalue weighted by atomic mass is 10.0. The highest BCUT2D eigenvalue weighted by Gasteiger charge is 2.24. The molecular weight excluding hydrogens is 445 g/mol. The van der Waals surface area contributed by atoms with E-state index in [1.54, 1.807) is 43.5 Å². The summed E-state index contributed by atoms with van der Waals surface area (Å²) in [5.74, 6) is 0.932. The molecule has 0 aliphatic carbocycles. The van der Waals surface area contributed by atoms with Crippen molar-refractivity contribution in [1.82, 2.24) is 0 Å². The number of ether oxygens (including phenoxy) is 2. The summed E-state index contributed by atoms with van der Waals surface area (Å²) in [6.07, 6.45) is 1.80. The van der Waals surface area contributed by atoms with E-state index in [0.717, 1.165) is 16.7 Å². The lowest BCUT2D eigenvalue weighted by Crippen LogP contribution is -2.03. The fourth-order valence-electron chi connectivity index (χ4n) is 3.16. The molecule has 152 valence electrons. The van der Waals surface area contributed by atoms with Crippen molar-refractivity contribution in [2.45, 2.75) is 6.61 Å². The van der Waals surface area contributed by atoms with Crippen molar-refractivity contribution in [1.29, 1.82) is 0 Å². The minimum Gasteiger partial charge on any atom is -0.493 e. The average molecular weight is 461 g/mol. The first kappa shape index (κ1) is 20.6. The van der Waals surface area contributed by atoms with Gasteiger partial charge < -0.3 is 14.8 Å². The van der Waals surface area contributed by atoms with Gasteiger partial charge in [-0.1, -0.05) is 53.0 Å². The van der Waals surface area contributed by atoms with E-state index in [0.29, 0.717) is 37.8 Å². The molecule has 0 bridgehead atoms. The zero-order valence-electron chi connectivity index (χ0n) is 15.8. The molecule has 0 fully saturated rings. The van der Waals surface area contributed by atoms with Crippen LogP contribution in [0.1, 0.15) is 16.7 Å². The van der Waals surface area contributed by atoms with Crippen LogP contribution in [-0.2, 0) is 11.4 Å². The van der Waals surface area contributed by atoms with Crippen LogP contribution < -0.4 is 14.8 Å². The van der Waals surface area contributed by atoms with Crippen molar-refractivity contribution >= 4 is 58.0 Å². The molecule has 4 nitrogen and oxygen atoms in total. The number of anilines is 1. The van der Waals surface area contributed by atoms with Gasteiger partial charge in [0.15, 0.2) is 11.5 Å². The molecule has 3 aromatic carbocycles. The highest BCUT2D eigenvalue weighted by Crippen LogP contribution is 2.36. The minimum atomic E-state index is -0.177. The standard InChI is InChI=1S/C23H16Cl3NO3/c1-29-22-9-13(8-18-17-6-5-16(25)11-20(17)27-23(18)28)2-7-21(22)30-12-14-3-4-15(24)10-19(14)26/h2-11H,12H2,1H3,(H,27,28)/b18-8+. The molecule has 1 aliphatic rings. The average Bonchev–Trinajstić information content (AvgIpc) is 3.02. The van der Waals surface area contributed by atoms with Crippen LogP contribution >= 0.6 is 34.8 Å². The van der Waals surface area contributed by atoms with Crippen LogP contribution in [0.4, 0.5) is 5.69 Å². The number of halogens is 3. The van der Waals surface area contributed by atoms with E-state index in [-0.39, 0.29) is 12.5 Å². The Kier molecular flexibility index (Phi) is 5.91. The summed E-state index contributed by atoms with van der Waals surface area (Å²) in [4.78, 5) is 12.4. The SMILES string of the molecule is COc1cc(/C=C2/C(=O)Nc3cc(Cl)ccc32)ccc1OCc1ccc(Cl)cc1Cl. The summed E-state index contributed by atoms with van der Waals surface area (Å²) >= 11 is 18.1. The van der Waals surface area contributed by atoms with Gasteiger partial charge in [0, 0.05) is 31.8 Å². The maximum atomic E-state index is 12.4. The van der Waals surface area contributed by atoms with Crippen molar-refractivity contribution in [3.8, 4) is 11.5 Å². The van der Waals surface area contributed by atoms with Crippen LogP contribution in [0.15, 0.2) is 54.6 Å². The van der Waals surface area contributed by atoms with Crippen LogP contribution in [0, 0.1) is 0 Å². The van der Waals surface area contributed by atoms with Crippen molar-refractivity contribution in [3.63, 3.8) is 0 Å². The predicted octanol–water partition coefficient (Wildman–Crippen LogP) is 6.73. The largest absolute Gasteiger partial charge is 0.493 e. The van der Waals surface area contributed by atoms with E-state index in [4.69, 9.17) is 44.3 Å². The summed E-state index contributed by atoms with van der Waals surface area (Å²) in [6, 6.07) is 16.0. The second-order valence-corrected chi connectivity index (χ2v) is 7.92. The zero-order chi connectivity index (χ0) is 21.3. The van der Waals surface area contributed by atoms with Crippen molar-refractivity contribution in [3.05, 3.63) is 86.4 Å². The zero-order valence-corrected chi connectivity index (χ0v) is 18.1. The molecule has 1 aliphatic heterocycles. The molecular formula is C23H16Cl3NO3. The molecule has 0 unspecified atom stereocenters. The van der Waals surface area contributed by atoms with E-state index in [2.05, 4.69) is 5.32 Å². The van der Waals surface area contributed by atoms with Gasteiger partial charge in [0.05, 0.1) is 12.8 Å². The molecule has 0 aromatic heterocycles. The van der Waals surface area contributed by atoms with Crippen LogP contribution in [0.25, 0.3) is 11.6 Å². The Hall–Kier alpha value is -2.66. The highest BCUT2D eigenvalue weighted by molar-refractivity contribution is 6.36. The molecule has 0 saturated carbocycles. The summed E-state index contributed by atoms with van der Waals surface area (Å²) in [7, 11) is 1.56. The Labute approximate surface area is 189 Å². The predicted molar refractivity (Wildman–Crippen MR) is 122 cm³/mol. The number of fused-ring (bicyclic) bond motifs is 1. The van der Waals surface area contributed by atoms with Crippen LogP contribution in [0.3, 0.4) is 0 Å². The first-order valence-electron chi connectivity index (χ1n) is 9.02. The molecule has 1 N–H and O–H groups in total. The molecule has 4 rings (SSSR count). The molecule has 0 spiro atoms. The van der Waals surface area contributed by atoms with Gasteiger partial charge in [-0.15, -0.1) is 0 Å². The molecule has 0 atom stereocenters. The number of benzene rings is 3. The first-order chi connectivity index (χ1) is 14.4. The van der Waals surface area contributed by atoms with Gasteiger partial charge >= 0.3 is 0 Å². The maximum absolute atomic E-state index is 12.4. The van der Waals surface area contributed by atoms with Gasteiger partial charge in [-0.05, 0) is 48.0 Å². The topological polar surface area (TPSA) is 47.6 Å². The van der Waals surface area contributed by atoms with E-state index in [1.807, 2.05) is 24.3 Å². The second-order valence-electron chi connectivity index (χ2n) is 6.64. The quantitative estimate of drug-likeness (QED) is 0.430. The molecule has 0 saturated heterocycles. The Balaban J connectivity index is 1.58. The van der Waals surface area contributed by atoms with Crippen LogP contribution in [0.2, 0.25) is 15.1 Å². The third-order valence-electron chi connectivity index (χ3n) is 4.66. The summed E-state index contributed by atoms with van der Waals surface area (Å²) in [5, 5.41) is 4.50. The molecule has 3 aromatic rings. The molecule has 30 heavy (non-hydrogen) atoms. The number of amides is 1. The number of methoxy groups -OCH3 is 1. The number of carbonyl (C=O) groups excluding carboxylic acids is 1. The molecule has 7 heteroatoms. The van der Waals surface area contributed by atoms with Crippen molar-refractivity contribution in [2.24, 2.45) is 0 Å². The van der Waals surface area contributed by atoms with Crippen LogP contribution in [-0.4, -0.2) is 13.0 Å². The normalized spacial score (nSPS) is 13.9. The molecule has 1 amide bonds. The Morgan fingerprint density at radius 3 is 2.47 bits per heavy atom. The summed E-state index contributed by atoms with van der Waals surface area (Å²) in [5.41, 5.74) is 3.68. The maximum Gasteiger partial charge on any atom is 0.256 e. The van der Waals surface area contributed by atoms with Gasteiger partial charge in [-0.2, -0.15) is 0 Å². The third kappa shape index (κ3) is 4.26. The monoisotopic (exact) mass is 459 g/mol. The number of hydrogen-bond donors (Lipinski definition) is 1. The van der Waals surface area contributed by atoms with Gasteiger partial charge in [-0.25, -0.2) is 0 Å². The van der Waals surface area contributed by atoms with Crippen molar-refractivity contribution < 1.29 is 14.3 Å². The Morgan fingerprint density at radius 1 is 0.933 bits per heavy atom. The van der Waals surface area contributed by atoms with Gasteiger partial charge in [-0.3, -0.25) is 4.79 Å². The second kappa shape index (κ2) is 8.60. The minimum absolute atomic E-state index is 0.177. The summed E-state index contributed by atoms with van der Waals surface area (Å²) in [6.45, 7) is 0.267. The number of carbonyl (C=O) groups is 1. The number of nitrogens with one attached hydrogen (secondary N) is 1. The van der Waals surface area contributed by atoms with E-state index in [1.165, 1.54) is 0 Å². The number of rotatable bonds is 5. The fourth-order valence-corrected chi connectivity index (χ4v) is 3.80. The smallest absolute Gasteiger partial charge is 0.256 e. The Bertz CT molecular complexity index is 1170. The lowest BCUT2D eigenvalue weighted by Gasteiger charge is -2.12. The third-order valence-corrected chi connectivity index (χ3v) is 5.48. The Morgan fingerprint density at radius 2 is 1.70 bits per heavy atom. The van der Waals surface area contributed by atoms with Gasteiger partial charge in [0.2, 0.25) is 0 Å².